The number of aliphatic carboxylic acids is 1. The number of carboxylic acids is 1. The Hall–Kier alpha value is -1.51. The van der Waals surface area contributed by atoms with Gasteiger partial charge < -0.3 is 10.0 Å². The highest BCUT2D eigenvalue weighted by Crippen LogP contribution is 2.37. The van der Waals surface area contributed by atoms with E-state index in [0.717, 1.165) is 31.0 Å². The zero-order chi connectivity index (χ0) is 11.8. The van der Waals surface area contributed by atoms with Gasteiger partial charge in [0.25, 0.3) is 0 Å². The van der Waals surface area contributed by atoms with Crippen molar-refractivity contribution in [2.75, 3.05) is 18.0 Å². The van der Waals surface area contributed by atoms with Gasteiger partial charge in [-0.1, -0.05) is 18.2 Å². The van der Waals surface area contributed by atoms with Crippen LogP contribution >= 0.6 is 0 Å². The van der Waals surface area contributed by atoms with E-state index in [1.165, 1.54) is 24.1 Å². The summed E-state index contributed by atoms with van der Waals surface area (Å²) in [6.07, 6.45) is 3.89. The average Bonchev–Trinajstić information content (AvgIpc) is 2.99. The molecule has 1 fully saturated rings. The van der Waals surface area contributed by atoms with Crippen LogP contribution in [-0.2, 0) is 17.6 Å². The third-order valence-electron chi connectivity index (χ3n) is 3.69. The quantitative estimate of drug-likeness (QED) is 0.862. The standard InChI is InChI=1S/C14H17NO2/c16-13(17)8-12-3-1-2-11-6-7-15(14(11)12)9-10-4-5-10/h1-3,10H,4-9H2,(H,16,17). The molecule has 1 aromatic carbocycles. The van der Waals surface area contributed by atoms with E-state index < -0.39 is 5.97 Å². The minimum absolute atomic E-state index is 0.143. The molecule has 3 nitrogen and oxygen atoms in total. The maximum Gasteiger partial charge on any atom is 0.307 e. The number of nitrogens with zero attached hydrogens (tertiary/aromatic N) is 1. The van der Waals surface area contributed by atoms with Crippen LogP contribution < -0.4 is 4.90 Å². The number of rotatable bonds is 4. The second kappa shape index (κ2) is 4.06. The summed E-state index contributed by atoms with van der Waals surface area (Å²) in [6, 6.07) is 6.07. The van der Waals surface area contributed by atoms with Crippen LogP contribution in [0.5, 0.6) is 0 Å². The van der Waals surface area contributed by atoms with Gasteiger partial charge in [0.15, 0.2) is 0 Å². The molecule has 90 valence electrons. The molecular formula is C14H17NO2. The maximum absolute atomic E-state index is 10.9. The fourth-order valence-electron chi connectivity index (χ4n) is 2.72. The summed E-state index contributed by atoms with van der Waals surface area (Å²) in [5.41, 5.74) is 3.51. The molecule has 2 aliphatic rings. The number of fused-ring (bicyclic) bond motifs is 1. The molecule has 3 rings (SSSR count). The van der Waals surface area contributed by atoms with E-state index in [4.69, 9.17) is 5.11 Å². The van der Waals surface area contributed by atoms with Gasteiger partial charge in [0.05, 0.1) is 6.42 Å². The zero-order valence-electron chi connectivity index (χ0n) is 9.85. The topological polar surface area (TPSA) is 40.5 Å². The third-order valence-corrected chi connectivity index (χ3v) is 3.69. The summed E-state index contributed by atoms with van der Waals surface area (Å²) in [5.74, 6) is 0.107. The van der Waals surface area contributed by atoms with Crippen LogP contribution in [0.2, 0.25) is 0 Å². The van der Waals surface area contributed by atoms with Gasteiger partial charge in [0.1, 0.15) is 0 Å². The molecular weight excluding hydrogens is 214 g/mol. The van der Waals surface area contributed by atoms with Crippen molar-refractivity contribution < 1.29 is 9.90 Å². The second-order valence-corrected chi connectivity index (χ2v) is 5.13. The molecule has 1 saturated carbocycles. The van der Waals surface area contributed by atoms with E-state index in [0.29, 0.717) is 0 Å². The van der Waals surface area contributed by atoms with Crippen LogP contribution in [-0.4, -0.2) is 24.2 Å². The largest absolute Gasteiger partial charge is 0.481 e. The van der Waals surface area contributed by atoms with Crippen LogP contribution in [0, 0.1) is 5.92 Å². The van der Waals surface area contributed by atoms with Crippen LogP contribution in [0.4, 0.5) is 5.69 Å². The lowest BCUT2D eigenvalue weighted by atomic mass is 10.0. The van der Waals surface area contributed by atoms with Crippen molar-refractivity contribution in [1.29, 1.82) is 0 Å². The maximum atomic E-state index is 10.9. The number of hydrogen-bond acceptors (Lipinski definition) is 2. The minimum Gasteiger partial charge on any atom is -0.481 e. The lowest BCUT2D eigenvalue weighted by Crippen LogP contribution is -2.24. The Morgan fingerprint density at radius 1 is 1.41 bits per heavy atom. The van der Waals surface area contributed by atoms with Gasteiger partial charge in [-0.15, -0.1) is 0 Å². The predicted octanol–water partition coefficient (Wildman–Crippen LogP) is 2.09. The van der Waals surface area contributed by atoms with Crippen molar-refractivity contribution in [3.63, 3.8) is 0 Å². The predicted molar refractivity (Wildman–Crippen MR) is 66.4 cm³/mol. The molecule has 0 radical (unpaired) electrons. The van der Waals surface area contributed by atoms with E-state index in [2.05, 4.69) is 11.0 Å². The fraction of sp³-hybridized carbons (Fsp3) is 0.500. The summed E-state index contributed by atoms with van der Waals surface area (Å²) in [4.78, 5) is 13.3. The summed E-state index contributed by atoms with van der Waals surface area (Å²) in [5, 5.41) is 8.96. The number of para-hydroxylation sites is 1. The molecule has 17 heavy (non-hydrogen) atoms. The summed E-state index contributed by atoms with van der Waals surface area (Å²) in [6.45, 7) is 2.17. The Morgan fingerprint density at radius 2 is 2.24 bits per heavy atom. The highest BCUT2D eigenvalue weighted by atomic mass is 16.4. The molecule has 0 unspecified atom stereocenters. The van der Waals surface area contributed by atoms with Gasteiger partial charge >= 0.3 is 5.97 Å². The van der Waals surface area contributed by atoms with Gasteiger partial charge in [-0.3, -0.25) is 4.79 Å². The Morgan fingerprint density at radius 3 is 2.94 bits per heavy atom. The molecule has 1 aromatic rings. The Bertz CT molecular complexity index is 452. The second-order valence-electron chi connectivity index (χ2n) is 5.13. The van der Waals surface area contributed by atoms with Crippen molar-refractivity contribution in [3.05, 3.63) is 29.3 Å². The molecule has 1 heterocycles. The van der Waals surface area contributed by atoms with Crippen molar-refractivity contribution in [2.45, 2.75) is 25.7 Å². The van der Waals surface area contributed by atoms with Crippen molar-refractivity contribution in [1.82, 2.24) is 0 Å². The van der Waals surface area contributed by atoms with Crippen molar-refractivity contribution >= 4 is 11.7 Å². The number of carboxylic acid groups (broad SMARTS) is 1. The van der Waals surface area contributed by atoms with Crippen LogP contribution in [0.25, 0.3) is 0 Å². The third kappa shape index (κ3) is 2.14. The molecule has 3 heteroatoms. The average molecular weight is 231 g/mol. The SMILES string of the molecule is O=C(O)Cc1cccc2c1N(CC1CC1)CC2. The van der Waals surface area contributed by atoms with Crippen LogP contribution in [0.3, 0.4) is 0 Å². The monoisotopic (exact) mass is 231 g/mol. The number of benzene rings is 1. The van der Waals surface area contributed by atoms with Crippen LogP contribution in [0.15, 0.2) is 18.2 Å². The van der Waals surface area contributed by atoms with E-state index in [-0.39, 0.29) is 6.42 Å². The van der Waals surface area contributed by atoms with Gasteiger partial charge in [-0.05, 0) is 36.3 Å². The first kappa shape index (κ1) is 10.6. The number of carbonyl (C=O) groups is 1. The molecule has 0 bridgehead atoms. The summed E-state index contributed by atoms with van der Waals surface area (Å²) < 4.78 is 0. The lowest BCUT2D eigenvalue weighted by molar-refractivity contribution is -0.136. The smallest absolute Gasteiger partial charge is 0.307 e. The molecule has 1 N–H and O–H groups in total. The Balaban J connectivity index is 1.89. The first-order valence-corrected chi connectivity index (χ1v) is 6.31. The van der Waals surface area contributed by atoms with Gasteiger partial charge in [0, 0.05) is 18.8 Å². The molecule has 1 aliphatic heterocycles. The van der Waals surface area contributed by atoms with Gasteiger partial charge in [-0.25, -0.2) is 0 Å². The normalized spacial score (nSPS) is 18.2. The van der Waals surface area contributed by atoms with Gasteiger partial charge in [0.2, 0.25) is 0 Å². The lowest BCUT2D eigenvalue weighted by Gasteiger charge is -2.21. The van der Waals surface area contributed by atoms with Crippen molar-refractivity contribution in [2.24, 2.45) is 5.92 Å². The van der Waals surface area contributed by atoms with Crippen molar-refractivity contribution in [3.8, 4) is 0 Å². The summed E-state index contributed by atoms with van der Waals surface area (Å²) >= 11 is 0. The fourth-order valence-corrected chi connectivity index (χ4v) is 2.72. The van der Waals surface area contributed by atoms with E-state index in [1.807, 2.05) is 12.1 Å². The minimum atomic E-state index is -0.739. The molecule has 0 aromatic heterocycles. The molecule has 1 aliphatic carbocycles. The number of anilines is 1. The highest BCUT2D eigenvalue weighted by molar-refractivity contribution is 5.75. The van der Waals surface area contributed by atoms with Gasteiger partial charge in [-0.2, -0.15) is 0 Å². The van der Waals surface area contributed by atoms with E-state index in [1.54, 1.807) is 0 Å². The number of hydrogen-bond donors (Lipinski definition) is 1. The highest BCUT2D eigenvalue weighted by Gasteiger charge is 2.29. The zero-order valence-corrected chi connectivity index (χ0v) is 9.85. The summed E-state index contributed by atoms with van der Waals surface area (Å²) in [7, 11) is 0. The molecule has 0 spiro atoms. The molecule has 0 amide bonds. The first-order valence-electron chi connectivity index (χ1n) is 6.31. The first-order chi connectivity index (χ1) is 8.24. The Kier molecular flexibility index (Phi) is 2.54. The van der Waals surface area contributed by atoms with E-state index in [9.17, 15) is 4.79 Å². The molecule has 0 atom stereocenters. The molecule has 0 saturated heterocycles. The Labute approximate surface area is 101 Å². The van der Waals surface area contributed by atoms with Crippen LogP contribution in [0.1, 0.15) is 24.0 Å². The van der Waals surface area contributed by atoms with E-state index >= 15 is 0 Å².